The van der Waals surface area contributed by atoms with E-state index in [1.54, 1.807) is 18.1 Å². The van der Waals surface area contributed by atoms with Gasteiger partial charge in [0.1, 0.15) is 6.33 Å². The second-order valence-electron chi connectivity index (χ2n) is 4.95. The Labute approximate surface area is 118 Å². The van der Waals surface area contributed by atoms with Gasteiger partial charge in [0, 0.05) is 24.5 Å². The van der Waals surface area contributed by atoms with Crippen LogP contribution in [0.1, 0.15) is 25.0 Å². The minimum Gasteiger partial charge on any atom is -0.311 e. The summed E-state index contributed by atoms with van der Waals surface area (Å²) in [6.45, 7) is 7.39. The van der Waals surface area contributed by atoms with Crippen molar-refractivity contribution in [2.45, 2.75) is 43.4 Å². The molecule has 0 aliphatic carbocycles. The van der Waals surface area contributed by atoms with Crippen molar-refractivity contribution in [3.05, 3.63) is 35.7 Å². The molecule has 2 aromatic rings. The van der Waals surface area contributed by atoms with Gasteiger partial charge in [-0.1, -0.05) is 19.9 Å². The van der Waals surface area contributed by atoms with E-state index < -0.39 is 0 Å². The molecule has 5 heteroatoms. The van der Waals surface area contributed by atoms with Gasteiger partial charge in [-0.05, 0) is 41.9 Å². The van der Waals surface area contributed by atoms with E-state index in [-0.39, 0.29) is 0 Å². The maximum Gasteiger partial charge on any atom is 0.195 e. The van der Waals surface area contributed by atoms with Crippen LogP contribution in [-0.2, 0) is 13.6 Å². The first kappa shape index (κ1) is 14.1. The minimum absolute atomic E-state index is 0.507. The Morgan fingerprint density at radius 1 is 1.37 bits per heavy atom. The normalized spacial score (nSPS) is 11.2. The van der Waals surface area contributed by atoms with E-state index in [9.17, 15) is 0 Å². The Bertz CT molecular complexity index is 548. The maximum absolute atomic E-state index is 4.09. The fourth-order valence-electron chi connectivity index (χ4n) is 1.71. The van der Waals surface area contributed by atoms with E-state index in [1.807, 2.05) is 11.6 Å². The van der Waals surface area contributed by atoms with Crippen molar-refractivity contribution in [3.8, 4) is 0 Å². The van der Waals surface area contributed by atoms with Crippen LogP contribution in [0, 0.1) is 6.92 Å². The molecule has 19 heavy (non-hydrogen) atoms. The first-order chi connectivity index (χ1) is 9.06. The van der Waals surface area contributed by atoms with Gasteiger partial charge in [-0.15, -0.1) is 10.2 Å². The number of aryl methyl sites for hydroxylation is 2. The van der Waals surface area contributed by atoms with Crippen LogP contribution in [0.2, 0.25) is 0 Å². The van der Waals surface area contributed by atoms with Gasteiger partial charge in [0.25, 0.3) is 0 Å². The van der Waals surface area contributed by atoms with E-state index in [1.165, 1.54) is 16.0 Å². The van der Waals surface area contributed by atoms with Crippen molar-refractivity contribution in [1.82, 2.24) is 20.1 Å². The van der Waals surface area contributed by atoms with Crippen LogP contribution in [0.4, 0.5) is 0 Å². The van der Waals surface area contributed by atoms with Crippen molar-refractivity contribution in [3.63, 3.8) is 0 Å². The zero-order valence-corrected chi connectivity index (χ0v) is 12.7. The summed E-state index contributed by atoms with van der Waals surface area (Å²) in [7, 11) is 1.95. The Hall–Kier alpha value is -1.33. The van der Waals surface area contributed by atoms with Crippen LogP contribution in [-0.4, -0.2) is 20.8 Å². The Morgan fingerprint density at radius 2 is 2.16 bits per heavy atom. The fraction of sp³-hybridized carbons (Fsp3) is 0.429. The SMILES string of the molecule is Cc1cc(Sc2nncn2C)ccc1CNC(C)C. The highest BCUT2D eigenvalue weighted by Crippen LogP contribution is 2.27. The summed E-state index contributed by atoms with van der Waals surface area (Å²) >= 11 is 1.64. The van der Waals surface area contributed by atoms with Crippen molar-refractivity contribution in [1.29, 1.82) is 0 Å². The second-order valence-corrected chi connectivity index (χ2v) is 5.99. The van der Waals surface area contributed by atoms with Crippen LogP contribution in [0.3, 0.4) is 0 Å². The highest BCUT2D eigenvalue weighted by Gasteiger charge is 2.06. The molecule has 4 nitrogen and oxygen atoms in total. The molecule has 0 aliphatic rings. The molecule has 1 N–H and O–H groups in total. The first-order valence-electron chi connectivity index (χ1n) is 6.41. The Morgan fingerprint density at radius 3 is 2.74 bits per heavy atom. The van der Waals surface area contributed by atoms with Gasteiger partial charge in [0.2, 0.25) is 0 Å². The Kier molecular flexibility index (Phi) is 4.61. The lowest BCUT2D eigenvalue weighted by Gasteiger charge is -2.11. The van der Waals surface area contributed by atoms with Gasteiger partial charge in [-0.3, -0.25) is 0 Å². The van der Waals surface area contributed by atoms with Crippen molar-refractivity contribution < 1.29 is 0 Å². The number of hydrogen-bond acceptors (Lipinski definition) is 4. The van der Waals surface area contributed by atoms with Crippen molar-refractivity contribution in [2.75, 3.05) is 0 Å². The van der Waals surface area contributed by atoms with Gasteiger partial charge in [0.05, 0.1) is 0 Å². The summed E-state index contributed by atoms with van der Waals surface area (Å²) in [5, 5.41) is 12.3. The number of nitrogens with one attached hydrogen (secondary N) is 1. The average Bonchev–Trinajstić information content (AvgIpc) is 2.74. The predicted molar refractivity (Wildman–Crippen MR) is 78.3 cm³/mol. The summed E-state index contributed by atoms with van der Waals surface area (Å²) in [6, 6.07) is 7.04. The molecular formula is C14H20N4S. The van der Waals surface area contributed by atoms with E-state index in [2.05, 4.69) is 54.5 Å². The molecule has 0 spiro atoms. The molecule has 0 saturated heterocycles. The zero-order chi connectivity index (χ0) is 13.8. The highest BCUT2D eigenvalue weighted by atomic mass is 32.2. The minimum atomic E-state index is 0.507. The molecule has 0 aliphatic heterocycles. The number of benzene rings is 1. The topological polar surface area (TPSA) is 42.7 Å². The first-order valence-corrected chi connectivity index (χ1v) is 7.22. The standard InChI is InChI=1S/C14H20N4S/c1-10(2)15-8-12-5-6-13(7-11(12)3)19-14-17-16-9-18(14)4/h5-7,9-10,15H,8H2,1-4H3. The van der Waals surface area contributed by atoms with Gasteiger partial charge in [0.15, 0.2) is 5.16 Å². The average molecular weight is 276 g/mol. The number of nitrogens with zero attached hydrogens (tertiary/aromatic N) is 3. The lowest BCUT2D eigenvalue weighted by molar-refractivity contribution is 0.587. The summed E-state index contributed by atoms with van der Waals surface area (Å²) < 4.78 is 1.92. The monoisotopic (exact) mass is 276 g/mol. The van der Waals surface area contributed by atoms with Gasteiger partial charge in [-0.25, -0.2) is 0 Å². The van der Waals surface area contributed by atoms with Gasteiger partial charge in [-0.2, -0.15) is 0 Å². The highest BCUT2D eigenvalue weighted by molar-refractivity contribution is 7.99. The molecule has 2 rings (SSSR count). The molecule has 102 valence electrons. The molecule has 0 bridgehead atoms. The molecule has 0 amide bonds. The quantitative estimate of drug-likeness (QED) is 0.912. The number of hydrogen-bond donors (Lipinski definition) is 1. The third kappa shape index (κ3) is 3.81. The molecule has 0 radical (unpaired) electrons. The smallest absolute Gasteiger partial charge is 0.195 e. The van der Waals surface area contributed by atoms with Gasteiger partial charge < -0.3 is 9.88 Å². The Balaban J connectivity index is 2.08. The maximum atomic E-state index is 4.09. The third-order valence-corrected chi connectivity index (χ3v) is 3.94. The molecule has 0 fully saturated rings. The molecule has 1 heterocycles. The lowest BCUT2D eigenvalue weighted by Crippen LogP contribution is -2.22. The molecule has 1 aromatic carbocycles. The molecule has 0 saturated carbocycles. The molecule has 0 unspecified atom stereocenters. The molecule has 1 aromatic heterocycles. The van der Waals surface area contributed by atoms with Crippen LogP contribution < -0.4 is 5.32 Å². The molecule has 0 atom stereocenters. The van der Waals surface area contributed by atoms with Crippen LogP contribution in [0.25, 0.3) is 0 Å². The largest absolute Gasteiger partial charge is 0.311 e. The number of aromatic nitrogens is 3. The summed E-state index contributed by atoms with van der Waals surface area (Å²) in [5.74, 6) is 0. The second kappa shape index (κ2) is 6.21. The van der Waals surface area contributed by atoms with E-state index in [0.717, 1.165) is 11.7 Å². The van der Waals surface area contributed by atoms with Crippen LogP contribution >= 0.6 is 11.8 Å². The van der Waals surface area contributed by atoms with Gasteiger partial charge >= 0.3 is 0 Å². The van der Waals surface area contributed by atoms with Crippen molar-refractivity contribution in [2.24, 2.45) is 7.05 Å². The molecular weight excluding hydrogens is 256 g/mol. The summed E-state index contributed by atoms with van der Waals surface area (Å²) in [6.07, 6.45) is 1.72. The zero-order valence-electron chi connectivity index (χ0n) is 11.8. The van der Waals surface area contributed by atoms with Crippen LogP contribution in [0.5, 0.6) is 0 Å². The summed E-state index contributed by atoms with van der Waals surface area (Å²) in [4.78, 5) is 1.20. The lowest BCUT2D eigenvalue weighted by atomic mass is 10.1. The fourth-order valence-corrected chi connectivity index (χ4v) is 2.58. The van der Waals surface area contributed by atoms with Crippen molar-refractivity contribution >= 4 is 11.8 Å². The number of rotatable bonds is 5. The van der Waals surface area contributed by atoms with Crippen LogP contribution in [0.15, 0.2) is 34.6 Å². The van der Waals surface area contributed by atoms with E-state index in [0.29, 0.717) is 6.04 Å². The van der Waals surface area contributed by atoms with E-state index in [4.69, 9.17) is 0 Å². The predicted octanol–water partition coefficient (Wildman–Crippen LogP) is 2.77. The summed E-state index contributed by atoms with van der Waals surface area (Å²) in [5.41, 5.74) is 2.65. The third-order valence-electron chi connectivity index (χ3n) is 2.89. The van der Waals surface area contributed by atoms with E-state index >= 15 is 0 Å².